The maximum Gasteiger partial charge on any atom is 0.0477 e. The molecule has 4 heteroatoms. The van der Waals surface area contributed by atoms with Crippen LogP contribution in [0.2, 0.25) is 0 Å². The van der Waals surface area contributed by atoms with Gasteiger partial charge in [0, 0.05) is 36.1 Å². The summed E-state index contributed by atoms with van der Waals surface area (Å²) in [6, 6.07) is 35.2. The van der Waals surface area contributed by atoms with E-state index < -0.39 is 0 Å². The van der Waals surface area contributed by atoms with Gasteiger partial charge in [-0.1, -0.05) is 106 Å². The SMILES string of the molecule is CC(C)(C)c1c[c-]c2c(c1)-c1cccc(C(C)(C)C)c1C2.Cl.Cl.[CH3-].[Hf].[SiH2]c1ccccc1.c1cc[cH-]c1. The van der Waals surface area contributed by atoms with Crippen LogP contribution in [0.25, 0.3) is 11.1 Å². The van der Waals surface area contributed by atoms with Gasteiger partial charge in [-0.05, 0) is 23.0 Å². The van der Waals surface area contributed by atoms with Gasteiger partial charge in [-0.15, -0.1) is 30.4 Å². The van der Waals surface area contributed by atoms with Gasteiger partial charge >= 0.3 is 0 Å². The van der Waals surface area contributed by atoms with E-state index in [-0.39, 0.29) is 68.9 Å². The zero-order chi connectivity index (χ0) is 24.1. The third kappa shape index (κ3) is 10.8. The van der Waals surface area contributed by atoms with Crippen molar-refractivity contribution >= 4 is 40.2 Å². The van der Waals surface area contributed by atoms with Crippen molar-refractivity contribution < 1.29 is 25.8 Å². The predicted molar refractivity (Wildman–Crippen MR) is 168 cm³/mol. The van der Waals surface area contributed by atoms with Crippen LogP contribution in [0.4, 0.5) is 0 Å². The molecular formula is C33H42Cl2HfSi-3. The summed E-state index contributed by atoms with van der Waals surface area (Å²) in [5.74, 6) is 0. The molecule has 4 aromatic rings. The van der Waals surface area contributed by atoms with Gasteiger partial charge in [0.15, 0.2) is 0 Å². The molecule has 5 rings (SSSR count). The summed E-state index contributed by atoms with van der Waals surface area (Å²) in [5, 5.41) is 1.35. The minimum Gasteiger partial charge on any atom is -0.358 e. The quantitative estimate of drug-likeness (QED) is 0.112. The molecule has 0 fully saturated rings. The van der Waals surface area contributed by atoms with Gasteiger partial charge in [0.2, 0.25) is 0 Å². The largest absolute Gasteiger partial charge is 0.358 e. The van der Waals surface area contributed by atoms with Crippen molar-refractivity contribution in [1.29, 1.82) is 0 Å². The first-order chi connectivity index (χ1) is 15.6. The molecule has 0 atom stereocenters. The van der Waals surface area contributed by atoms with E-state index in [4.69, 9.17) is 0 Å². The molecule has 0 saturated carbocycles. The summed E-state index contributed by atoms with van der Waals surface area (Å²) in [6.07, 6.45) is 1.03. The number of hydrogen-bond donors (Lipinski definition) is 0. The molecule has 0 unspecified atom stereocenters. The van der Waals surface area contributed by atoms with Crippen molar-refractivity contribution in [3.63, 3.8) is 0 Å². The smallest absolute Gasteiger partial charge is 0.0477 e. The van der Waals surface area contributed by atoms with Crippen LogP contribution < -0.4 is 5.19 Å². The Morgan fingerprint density at radius 2 is 1.35 bits per heavy atom. The Morgan fingerprint density at radius 1 is 0.757 bits per heavy atom. The first-order valence-corrected chi connectivity index (χ1v) is 12.5. The summed E-state index contributed by atoms with van der Waals surface area (Å²) in [5.41, 5.74) is 8.88. The normalized spacial score (nSPS) is 10.7. The maximum absolute atomic E-state index is 3.55. The molecular weight excluding hydrogens is 674 g/mol. The predicted octanol–water partition coefficient (Wildman–Crippen LogP) is 8.29. The second kappa shape index (κ2) is 16.6. The number of hydrogen-bond acceptors (Lipinski definition) is 0. The summed E-state index contributed by atoms with van der Waals surface area (Å²) >= 11 is 0. The number of fused-ring (bicyclic) bond motifs is 3. The van der Waals surface area contributed by atoms with E-state index in [2.05, 4.69) is 90.1 Å². The van der Waals surface area contributed by atoms with Crippen molar-refractivity contribution in [2.75, 3.05) is 0 Å². The molecule has 0 bridgehead atoms. The van der Waals surface area contributed by atoms with Crippen molar-refractivity contribution in [2.45, 2.75) is 58.8 Å². The third-order valence-corrected chi connectivity index (χ3v) is 6.39. The Kier molecular flexibility index (Phi) is 17.0. The molecule has 199 valence electrons. The van der Waals surface area contributed by atoms with Gasteiger partial charge in [-0.2, -0.15) is 47.5 Å². The average Bonchev–Trinajstić information content (AvgIpc) is 3.44. The molecule has 1 aliphatic rings. The number of halogens is 2. The molecule has 0 aliphatic heterocycles. The van der Waals surface area contributed by atoms with E-state index in [9.17, 15) is 0 Å². The fourth-order valence-corrected chi connectivity index (χ4v) is 4.33. The molecule has 0 spiro atoms. The fourth-order valence-electron chi connectivity index (χ4n) is 4.05. The van der Waals surface area contributed by atoms with Gasteiger partial charge < -0.3 is 7.43 Å². The summed E-state index contributed by atoms with van der Waals surface area (Å²) in [6.45, 7) is 13.7. The summed E-state index contributed by atoms with van der Waals surface area (Å²) in [7, 11) is 1.90. The van der Waals surface area contributed by atoms with Crippen LogP contribution in [0.1, 0.15) is 63.8 Å². The number of benzene rings is 3. The summed E-state index contributed by atoms with van der Waals surface area (Å²) < 4.78 is 0. The first-order valence-electron chi connectivity index (χ1n) is 11.8. The second-order valence-electron chi connectivity index (χ2n) is 10.7. The molecule has 37 heavy (non-hydrogen) atoms. The molecule has 1 radical (unpaired) electrons. The van der Waals surface area contributed by atoms with Crippen molar-refractivity contribution in [2.24, 2.45) is 0 Å². The molecule has 0 aromatic heterocycles. The Bertz CT molecular complexity index is 1140. The van der Waals surface area contributed by atoms with Crippen molar-refractivity contribution in [1.82, 2.24) is 0 Å². The van der Waals surface area contributed by atoms with Gasteiger partial charge in [-0.3, -0.25) is 0 Å². The van der Waals surface area contributed by atoms with E-state index in [1.165, 1.54) is 38.6 Å². The number of rotatable bonds is 0. The minimum atomic E-state index is 0. The van der Waals surface area contributed by atoms with Crippen LogP contribution in [-0.4, -0.2) is 10.2 Å². The molecule has 0 heterocycles. The van der Waals surface area contributed by atoms with E-state index in [1.807, 2.05) is 58.8 Å². The molecule has 0 saturated heterocycles. The molecule has 0 amide bonds. The van der Waals surface area contributed by atoms with E-state index in [0.29, 0.717) is 0 Å². The standard InChI is InChI=1S/C21H25.C6H7Si.C5H5.CH3.2ClH.Hf/c1-20(2,3)15-11-10-14-12-18-16(17(14)13-15)8-7-9-19(18)21(4,5)6;7-6-4-2-1-3-5-6;1-2-4-5-3-1;;;;/h7-9,11,13H,12H2,1-6H3;1-5H,7H2;1-5H;1H3;2*1H;/q-1;;2*-1;;;. The van der Waals surface area contributed by atoms with E-state index in [0.717, 1.165) is 6.42 Å². The van der Waals surface area contributed by atoms with Crippen LogP contribution in [0.5, 0.6) is 0 Å². The van der Waals surface area contributed by atoms with Crippen LogP contribution in [0.15, 0.2) is 91.0 Å². The van der Waals surface area contributed by atoms with Crippen LogP contribution >= 0.6 is 24.8 Å². The summed E-state index contributed by atoms with van der Waals surface area (Å²) in [4.78, 5) is 0. The van der Waals surface area contributed by atoms with E-state index >= 15 is 0 Å². The topological polar surface area (TPSA) is 0 Å². The second-order valence-corrected chi connectivity index (χ2v) is 11.6. The zero-order valence-corrected chi connectivity index (χ0v) is 30.0. The minimum absolute atomic E-state index is 0. The monoisotopic (exact) mass is 716 g/mol. The van der Waals surface area contributed by atoms with Crippen molar-refractivity contribution in [3.05, 3.63) is 127 Å². The van der Waals surface area contributed by atoms with Gasteiger partial charge in [-0.25, -0.2) is 12.1 Å². The first kappa shape index (κ1) is 37.8. The molecule has 0 nitrogen and oxygen atoms in total. The third-order valence-electron chi connectivity index (χ3n) is 5.92. The van der Waals surface area contributed by atoms with Crippen molar-refractivity contribution in [3.8, 4) is 11.1 Å². The van der Waals surface area contributed by atoms with Gasteiger partial charge in [0.05, 0.1) is 0 Å². The maximum atomic E-state index is 3.55. The molecule has 0 N–H and O–H groups in total. The van der Waals surface area contributed by atoms with E-state index in [1.54, 1.807) is 0 Å². The molecule has 4 aromatic carbocycles. The van der Waals surface area contributed by atoms with Gasteiger partial charge in [0.25, 0.3) is 0 Å². The van der Waals surface area contributed by atoms with Crippen LogP contribution in [0.3, 0.4) is 0 Å². The van der Waals surface area contributed by atoms with Crippen LogP contribution in [0, 0.1) is 13.5 Å². The Morgan fingerprint density at radius 3 is 1.78 bits per heavy atom. The average molecular weight is 716 g/mol. The Hall–Kier alpha value is -1.32. The fraction of sp³-hybridized carbons (Fsp3) is 0.273. The van der Waals surface area contributed by atoms with Gasteiger partial charge in [0.1, 0.15) is 0 Å². The van der Waals surface area contributed by atoms with Crippen LogP contribution in [-0.2, 0) is 43.1 Å². The Balaban J connectivity index is 0. The zero-order valence-electron chi connectivity index (χ0n) is 23.4. The Labute approximate surface area is 261 Å². The molecule has 1 aliphatic carbocycles.